The van der Waals surface area contributed by atoms with Gasteiger partial charge in [-0.1, -0.05) is 58.3 Å². The molecule has 2 aliphatic heterocycles. The zero-order valence-electron chi connectivity index (χ0n) is 23.2. The van der Waals surface area contributed by atoms with Crippen LogP contribution in [0.2, 0.25) is 0 Å². The number of piperidine rings is 2. The molecule has 0 aromatic rings. The van der Waals surface area contributed by atoms with E-state index in [2.05, 4.69) is 34.6 Å². The minimum Gasteiger partial charge on any atom is -0.144 e. The molecule has 32 heavy (non-hydrogen) atoms. The number of rotatable bonds is 9. The standard InChI is InChI=1S/C19H38NO.C9H18NO/c1-6-7-8-9-10-11-12-13-14-17-15-16-18(2,3)20(21)19(17,4)5;1-8(2)6-5-7-9(3,4)10(8)11/h17H,6-16H2,1-5H3;5-7H2,1-4H3. The maximum absolute atomic E-state index is 12.5. The van der Waals surface area contributed by atoms with Gasteiger partial charge in [0.05, 0.1) is 0 Å². The summed E-state index contributed by atoms with van der Waals surface area (Å²) < 4.78 is 0. The van der Waals surface area contributed by atoms with Crippen molar-refractivity contribution in [1.82, 2.24) is 10.1 Å². The molecular formula is C28H56N2O2. The topological polar surface area (TPSA) is 46.3 Å². The second-order valence-electron chi connectivity index (χ2n) is 13.0. The van der Waals surface area contributed by atoms with E-state index in [1.807, 2.05) is 27.7 Å². The van der Waals surface area contributed by atoms with E-state index >= 15 is 0 Å². The van der Waals surface area contributed by atoms with Crippen molar-refractivity contribution in [3.8, 4) is 0 Å². The maximum atomic E-state index is 12.5. The summed E-state index contributed by atoms with van der Waals surface area (Å²) in [5.41, 5.74) is -0.675. The van der Waals surface area contributed by atoms with Crippen LogP contribution in [-0.4, -0.2) is 32.3 Å². The van der Waals surface area contributed by atoms with Gasteiger partial charge in [-0.2, -0.15) is 0 Å². The molecule has 2 saturated heterocycles. The Labute approximate surface area is 201 Å². The van der Waals surface area contributed by atoms with Crippen LogP contribution in [0.25, 0.3) is 0 Å². The highest BCUT2D eigenvalue weighted by molar-refractivity contribution is 4.97. The lowest BCUT2D eigenvalue weighted by atomic mass is 9.72. The third-order valence-corrected chi connectivity index (χ3v) is 8.26. The molecule has 0 aromatic carbocycles. The highest BCUT2D eigenvalue weighted by Crippen LogP contribution is 2.43. The maximum Gasteiger partial charge on any atom is 0.0471 e. The summed E-state index contributed by atoms with van der Waals surface area (Å²) in [5, 5.41) is 26.9. The van der Waals surface area contributed by atoms with Crippen LogP contribution in [0.4, 0.5) is 0 Å². The molecular weight excluding hydrogens is 396 g/mol. The Morgan fingerprint density at radius 2 is 1.06 bits per heavy atom. The van der Waals surface area contributed by atoms with Crippen molar-refractivity contribution in [3.05, 3.63) is 0 Å². The molecule has 190 valence electrons. The van der Waals surface area contributed by atoms with Gasteiger partial charge < -0.3 is 0 Å². The molecule has 2 rings (SSSR count). The van der Waals surface area contributed by atoms with E-state index < -0.39 is 0 Å². The second kappa shape index (κ2) is 12.5. The Balaban J connectivity index is 0.000000389. The van der Waals surface area contributed by atoms with Crippen molar-refractivity contribution in [1.29, 1.82) is 0 Å². The van der Waals surface area contributed by atoms with E-state index in [0.717, 1.165) is 19.3 Å². The zero-order valence-corrected chi connectivity index (χ0v) is 23.2. The highest BCUT2D eigenvalue weighted by Gasteiger charge is 2.47. The van der Waals surface area contributed by atoms with E-state index in [1.54, 1.807) is 0 Å². The van der Waals surface area contributed by atoms with Crippen LogP contribution in [0.5, 0.6) is 0 Å². The monoisotopic (exact) mass is 452 g/mol. The smallest absolute Gasteiger partial charge is 0.0471 e. The van der Waals surface area contributed by atoms with Crippen LogP contribution in [0.15, 0.2) is 0 Å². The van der Waals surface area contributed by atoms with Crippen LogP contribution in [-0.2, 0) is 10.4 Å². The first-order valence-corrected chi connectivity index (χ1v) is 13.6. The molecule has 2 fully saturated rings. The summed E-state index contributed by atoms with van der Waals surface area (Å²) in [5.74, 6) is 0.572. The lowest BCUT2D eigenvalue weighted by molar-refractivity contribution is -0.301. The van der Waals surface area contributed by atoms with Crippen LogP contribution >= 0.6 is 0 Å². The predicted molar refractivity (Wildman–Crippen MR) is 135 cm³/mol. The first-order chi connectivity index (χ1) is 14.7. The molecule has 4 heteroatoms. The minimum atomic E-state index is -0.192. The molecule has 4 nitrogen and oxygen atoms in total. The SMILES string of the molecule is CC1(C)CCCC(C)(C)N1[O].CCCCCCCCCCC1CCC(C)(C)N([O])C1(C)C. The van der Waals surface area contributed by atoms with Crippen molar-refractivity contribution in [2.45, 2.75) is 174 Å². The lowest BCUT2D eigenvalue weighted by Crippen LogP contribution is -2.60. The van der Waals surface area contributed by atoms with E-state index in [-0.39, 0.29) is 22.2 Å². The van der Waals surface area contributed by atoms with E-state index in [4.69, 9.17) is 0 Å². The minimum absolute atomic E-state index is 0.151. The van der Waals surface area contributed by atoms with Gasteiger partial charge in [-0.25, -0.2) is 0 Å². The summed E-state index contributed by atoms with van der Waals surface area (Å²) in [7, 11) is 0. The number of hydrogen-bond donors (Lipinski definition) is 0. The Hall–Kier alpha value is -0.160. The van der Waals surface area contributed by atoms with Crippen molar-refractivity contribution in [2.24, 2.45) is 5.92 Å². The molecule has 0 N–H and O–H groups in total. The van der Waals surface area contributed by atoms with E-state index in [0.29, 0.717) is 5.92 Å². The summed E-state index contributed by atoms with van der Waals surface area (Å²) in [4.78, 5) is 0. The Bertz CT molecular complexity index is 512. The molecule has 0 saturated carbocycles. The van der Waals surface area contributed by atoms with Gasteiger partial charge in [0.25, 0.3) is 0 Å². The van der Waals surface area contributed by atoms with Crippen LogP contribution < -0.4 is 0 Å². The molecule has 2 aliphatic rings. The molecule has 0 aromatic heterocycles. The number of unbranched alkanes of at least 4 members (excludes halogenated alkanes) is 7. The molecule has 0 amide bonds. The summed E-state index contributed by atoms with van der Waals surface area (Å²) in [6.07, 6.45) is 17.7. The normalized spacial score (nSPS) is 26.9. The van der Waals surface area contributed by atoms with Gasteiger partial charge in [0.1, 0.15) is 0 Å². The van der Waals surface area contributed by atoms with Crippen molar-refractivity contribution in [2.75, 3.05) is 0 Å². The van der Waals surface area contributed by atoms with Gasteiger partial charge in [0.15, 0.2) is 0 Å². The average molecular weight is 453 g/mol. The lowest BCUT2D eigenvalue weighted by Gasteiger charge is -2.51. The van der Waals surface area contributed by atoms with Gasteiger partial charge in [0.2, 0.25) is 0 Å². The first-order valence-electron chi connectivity index (χ1n) is 13.6. The van der Waals surface area contributed by atoms with Crippen LogP contribution in [0.3, 0.4) is 0 Å². The van der Waals surface area contributed by atoms with E-state index in [1.165, 1.54) is 80.8 Å². The molecule has 0 aliphatic carbocycles. The first kappa shape index (κ1) is 29.9. The molecule has 2 radical (unpaired) electrons. The molecule has 0 bridgehead atoms. The van der Waals surface area contributed by atoms with Crippen molar-refractivity contribution in [3.63, 3.8) is 0 Å². The fourth-order valence-corrected chi connectivity index (χ4v) is 5.93. The molecule has 1 atom stereocenters. The van der Waals surface area contributed by atoms with Crippen LogP contribution in [0.1, 0.15) is 152 Å². The van der Waals surface area contributed by atoms with Crippen molar-refractivity contribution >= 4 is 0 Å². The third-order valence-electron chi connectivity index (χ3n) is 8.26. The second-order valence-corrected chi connectivity index (χ2v) is 13.0. The molecule has 2 heterocycles. The van der Waals surface area contributed by atoms with E-state index in [9.17, 15) is 10.4 Å². The number of hydroxylamine groups is 4. The zero-order chi connectivity index (χ0) is 24.6. The van der Waals surface area contributed by atoms with Gasteiger partial charge >= 0.3 is 0 Å². The highest BCUT2D eigenvalue weighted by atomic mass is 16.5. The summed E-state index contributed by atoms with van der Waals surface area (Å²) >= 11 is 0. The fraction of sp³-hybridized carbons (Fsp3) is 1.00. The quantitative estimate of drug-likeness (QED) is 0.329. The summed E-state index contributed by atoms with van der Waals surface area (Å²) in [6, 6.07) is 0. The largest absolute Gasteiger partial charge is 0.144 e. The molecule has 0 spiro atoms. The van der Waals surface area contributed by atoms with Crippen LogP contribution in [0, 0.1) is 5.92 Å². The Morgan fingerprint density at radius 1 is 0.625 bits per heavy atom. The number of nitrogens with zero attached hydrogens (tertiary/aromatic N) is 2. The number of hydrogen-bond acceptors (Lipinski definition) is 2. The van der Waals surface area contributed by atoms with Gasteiger partial charge in [-0.15, -0.1) is 20.5 Å². The molecule has 1 unspecified atom stereocenters. The summed E-state index contributed by atoms with van der Waals surface area (Å²) in [6.45, 7) is 18.9. The van der Waals surface area contributed by atoms with Gasteiger partial charge in [-0.05, 0) is 99.8 Å². The Morgan fingerprint density at radius 3 is 1.53 bits per heavy atom. The van der Waals surface area contributed by atoms with Gasteiger partial charge in [-0.3, -0.25) is 0 Å². The Kier molecular flexibility index (Phi) is 11.7. The van der Waals surface area contributed by atoms with Gasteiger partial charge in [0, 0.05) is 22.2 Å². The average Bonchev–Trinajstić information content (AvgIpc) is 2.69. The predicted octanol–water partition coefficient (Wildman–Crippen LogP) is 8.51. The fourth-order valence-electron chi connectivity index (χ4n) is 5.93. The van der Waals surface area contributed by atoms with Crippen molar-refractivity contribution < 1.29 is 10.4 Å². The third kappa shape index (κ3) is 8.56.